The van der Waals surface area contributed by atoms with Gasteiger partial charge in [-0.1, -0.05) is 36.2 Å². The zero-order valence-electron chi connectivity index (χ0n) is 10.0. The van der Waals surface area contributed by atoms with Crippen molar-refractivity contribution in [2.75, 3.05) is 26.2 Å². The van der Waals surface area contributed by atoms with Crippen LogP contribution in [0, 0.1) is 0 Å². The minimum atomic E-state index is 0.332. The molecule has 0 saturated carbocycles. The molecule has 0 spiro atoms. The summed E-state index contributed by atoms with van der Waals surface area (Å²) < 4.78 is 0. The van der Waals surface area contributed by atoms with Crippen LogP contribution in [0.1, 0.15) is 24.9 Å². The summed E-state index contributed by atoms with van der Waals surface area (Å²) in [7, 11) is 0. The standard InChI is InChI=1S/C13H18Cl2N2/c1-2-12(17-8-6-16-7-9-17)13-10(14)4-3-5-11(13)15/h3-5,12,16H,2,6-9H2,1H3/t12-/m1/s1. The van der Waals surface area contributed by atoms with Gasteiger partial charge in [0.15, 0.2) is 0 Å². The number of hydrogen-bond acceptors (Lipinski definition) is 2. The SMILES string of the molecule is CC[C@H](c1c(Cl)cccc1Cl)N1CCNCC1. The molecule has 1 aromatic rings. The lowest BCUT2D eigenvalue weighted by Crippen LogP contribution is -2.45. The monoisotopic (exact) mass is 272 g/mol. The van der Waals surface area contributed by atoms with Gasteiger partial charge in [-0.15, -0.1) is 0 Å². The van der Waals surface area contributed by atoms with Crippen molar-refractivity contribution in [1.82, 2.24) is 10.2 Å². The lowest BCUT2D eigenvalue weighted by Gasteiger charge is -2.35. The van der Waals surface area contributed by atoms with E-state index in [1.54, 1.807) is 0 Å². The van der Waals surface area contributed by atoms with Gasteiger partial charge in [0.25, 0.3) is 0 Å². The van der Waals surface area contributed by atoms with E-state index in [9.17, 15) is 0 Å². The van der Waals surface area contributed by atoms with Crippen LogP contribution in [0.5, 0.6) is 0 Å². The number of benzene rings is 1. The van der Waals surface area contributed by atoms with Crippen molar-refractivity contribution >= 4 is 23.2 Å². The average molecular weight is 273 g/mol. The molecule has 1 atom stereocenters. The maximum atomic E-state index is 6.30. The van der Waals surface area contributed by atoms with E-state index in [-0.39, 0.29) is 0 Å². The third-order valence-corrected chi connectivity index (χ3v) is 3.97. The lowest BCUT2D eigenvalue weighted by molar-refractivity contribution is 0.169. The molecule has 1 heterocycles. The largest absolute Gasteiger partial charge is 0.314 e. The Morgan fingerprint density at radius 1 is 1.24 bits per heavy atom. The van der Waals surface area contributed by atoms with E-state index in [0.717, 1.165) is 48.2 Å². The molecule has 0 aliphatic carbocycles. The summed E-state index contributed by atoms with van der Waals surface area (Å²) in [5.74, 6) is 0. The van der Waals surface area contributed by atoms with E-state index in [4.69, 9.17) is 23.2 Å². The maximum Gasteiger partial charge on any atom is 0.0468 e. The Morgan fingerprint density at radius 3 is 2.35 bits per heavy atom. The van der Waals surface area contributed by atoms with Gasteiger partial charge < -0.3 is 5.32 Å². The molecular formula is C13H18Cl2N2. The van der Waals surface area contributed by atoms with Crippen LogP contribution >= 0.6 is 23.2 Å². The highest BCUT2D eigenvalue weighted by molar-refractivity contribution is 6.36. The van der Waals surface area contributed by atoms with Crippen molar-refractivity contribution in [3.63, 3.8) is 0 Å². The molecule has 0 unspecified atom stereocenters. The van der Waals surface area contributed by atoms with Crippen LogP contribution in [-0.2, 0) is 0 Å². The molecule has 2 rings (SSSR count). The molecule has 0 radical (unpaired) electrons. The van der Waals surface area contributed by atoms with Gasteiger partial charge in [-0.05, 0) is 18.6 Å². The molecule has 4 heteroatoms. The zero-order chi connectivity index (χ0) is 12.3. The summed E-state index contributed by atoms with van der Waals surface area (Å²) in [4.78, 5) is 2.46. The third kappa shape index (κ3) is 2.94. The highest BCUT2D eigenvalue weighted by Gasteiger charge is 2.24. The Kier molecular flexibility index (Phi) is 4.69. The molecule has 0 amide bonds. The van der Waals surface area contributed by atoms with Gasteiger partial charge >= 0.3 is 0 Å². The number of rotatable bonds is 3. The predicted molar refractivity (Wildman–Crippen MR) is 73.9 cm³/mol. The van der Waals surface area contributed by atoms with Gasteiger partial charge in [-0.25, -0.2) is 0 Å². The van der Waals surface area contributed by atoms with E-state index >= 15 is 0 Å². The van der Waals surface area contributed by atoms with Crippen molar-refractivity contribution < 1.29 is 0 Å². The van der Waals surface area contributed by atoms with Crippen LogP contribution in [0.25, 0.3) is 0 Å². The van der Waals surface area contributed by atoms with Gasteiger partial charge in [0.05, 0.1) is 0 Å². The fraction of sp³-hybridized carbons (Fsp3) is 0.538. The Hall–Kier alpha value is -0.280. The molecule has 94 valence electrons. The smallest absolute Gasteiger partial charge is 0.0468 e. The molecule has 1 aromatic carbocycles. The van der Waals surface area contributed by atoms with Gasteiger partial charge in [-0.2, -0.15) is 0 Å². The summed E-state index contributed by atoms with van der Waals surface area (Å²) >= 11 is 12.6. The Bertz CT molecular complexity index is 355. The first-order chi connectivity index (χ1) is 8.24. The number of halogens is 2. The molecule has 1 N–H and O–H groups in total. The number of nitrogens with zero attached hydrogens (tertiary/aromatic N) is 1. The van der Waals surface area contributed by atoms with Crippen molar-refractivity contribution in [2.24, 2.45) is 0 Å². The summed E-state index contributed by atoms with van der Waals surface area (Å²) in [6, 6.07) is 6.08. The first kappa shape index (κ1) is 13.2. The molecule has 17 heavy (non-hydrogen) atoms. The van der Waals surface area contributed by atoms with Crippen LogP contribution in [-0.4, -0.2) is 31.1 Å². The first-order valence-corrected chi connectivity index (χ1v) is 6.88. The van der Waals surface area contributed by atoms with Crippen molar-refractivity contribution in [3.8, 4) is 0 Å². The number of piperazine rings is 1. The Balaban J connectivity index is 2.27. The van der Waals surface area contributed by atoms with Crippen molar-refractivity contribution in [1.29, 1.82) is 0 Å². The molecular weight excluding hydrogens is 255 g/mol. The molecule has 1 aliphatic heterocycles. The van der Waals surface area contributed by atoms with Crippen LogP contribution in [0.15, 0.2) is 18.2 Å². The van der Waals surface area contributed by atoms with Crippen molar-refractivity contribution in [2.45, 2.75) is 19.4 Å². The van der Waals surface area contributed by atoms with Crippen LogP contribution in [0.4, 0.5) is 0 Å². The third-order valence-electron chi connectivity index (χ3n) is 3.31. The molecule has 1 aliphatic rings. The molecule has 0 aromatic heterocycles. The average Bonchev–Trinajstić information content (AvgIpc) is 2.35. The van der Waals surface area contributed by atoms with Crippen LogP contribution < -0.4 is 5.32 Å². The fourth-order valence-electron chi connectivity index (χ4n) is 2.47. The van der Waals surface area contributed by atoms with Crippen LogP contribution in [0.2, 0.25) is 10.0 Å². The lowest BCUT2D eigenvalue weighted by atomic mass is 10.0. The predicted octanol–water partition coefficient (Wildman–Crippen LogP) is 3.35. The molecule has 0 bridgehead atoms. The highest BCUT2D eigenvalue weighted by atomic mass is 35.5. The second-order valence-electron chi connectivity index (χ2n) is 4.35. The Morgan fingerprint density at radius 2 is 1.82 bits per heavy atom. The molecule has 2 nitrogen and oxygen atoms in total. The maximum absolute atomic E-state index is 6.30. The topological polar surface area (TPSA) is 15.3 Å². The fourth-order valence-corrected chi connectivity index (χ4v) is 3.12. The number of hydrogen-bond donors (Lipinski definition) is 1. The van der Waals surface area contributed by atoms with E-state index in [2.05, 4.69) is 17.1 Å². The van der Waals surface area contributed by atoms with E-state index in [1.165, 1.54) is 0 Å². The summed E-state index contributed by atoms with van der Waals surface area (Å²) in [6.45, 7) is 6.38. The second kappa shape index (κ2) is 6.05. The van der Waals surface area contributed by atoms with E-state index in [0.29, 0.717) is 6.04 Å². The van der Waals surface area contributed by atoms with Gasteiger partial charge in [0.1, 0.15) is 0 Å². The quantitative estimate of drug-likeness (QED) is 0.908. The second-order valence-corrected chi connectivity index (χ2v) is 5.16. The van der Waals surface area contributed by atoms with Gasteiger partial charge in [0, 0.05) is 47.8 Å². The minimum absolute atomic E-state index is 0.332. The summed E-state index contributed by atoms with van der Waals surface area (Å²) in [6.07, 6.45) is 1.03. The molecule has 1 saturated heterocycles. The normalized spacial score (nSPS) is 19.2. The van der Waals surface area contributed by atoms with E-state index < -0.39 is 0 Å². The summed E-state index contributed by atoms with van der Waals surface area (Å²) in [5, 5.41) is 4.93. The van der Waals surface area contributed by atoms with Crippen LogP contribution in [0.3, 0.4) is 0 Å². The number of nitrogens with one attached hydrogen (secondary N) is 1. The zero-order valence-corrected chi connectivity index (χ0v) is 11.6. The summed E-state index contributed by atoms with van der Waals surface area (Å²) in [5.41, 5.74) is 1.08. The first-order valence-electron chi connectivity index (χ1n) is 6.12. The highest BCUT2D eigenvalue weighted by Crippen LogP contribution is 2.35. The van der Waals surface area contributed by atoms with Crippen molar-refractivity contribution in [3.05, 3.63) is 33.8 Å². The van der Waals surface area contributed by atoms with Gasteiger partial charge in [-0.3, -0.25) is 4.90 Å². The molecule has 1 fully saturated rings. The minimum Gasteiger partial charge on any atom is -0.314 e. The van der Waals surface area contributed by atoms with Gasteiger partial charge in [0.2, 0.25) is 0 Å². The Labute approximate surface area is 113 Å². The van der Waals surface area contributed by atoms with E-state index in [1.807, 2.05) is 18.2 Å².